The van der Waals surface area contributed by atoms with Gasteiger partial charge in [-0.3, -0.25) is 4.90 Å². The van der Waals surface area contributed by atoms with Crippen molar-refractivity contribution in [3.8, 4) is 5.75 Å². The van der Waals surface area contributed by atoms with Gasteiger partial charge in [-0.15, -0.1) is 0 Å². The molecule has 0 saturated carbocycles. The van der Waals surface area contributed by atoms with Crippen LogP contribution < -0.4 is 4.74 Å². The van der Waals surface area contributed by atoms with Gasteiger partial charge in [0.2, 0.25) is 0 Å². The molecule has 0 N–H and O–H groups in total. The maximum absolute atomic E-state index is 5.49. The molecule has 2 rings (SSSR count). The summed E-state index contributed by atoms with van der Waals surface area (Å²) < 4.78 is 10.7. The molecular formula is C12H17NO2. The van der Waals surface area contributed by atoms with Crippen LogP contribution in [0, 0.1) is 0 Å². The topological polar surface area (TPSA) is 21.7 Å². The maximum Gasteiger partial charge on any atom is 0.119 e. The van der Waals surface area contributed by atoms with Crippen LogP contribution in [0.3, 0.4) is 0 Å². The Kier molecular flexibility index (Phi) is 3.23. The van der Waals surface area contributed by atoms with E-state index < -0.39 is 0 Å². The number of benzene rings is 1. The molecule has 0 aromatic heterocycles. The summed E-state index contributed by atoms with van der Waals surface area (Å²) in [6.45, 7) is 4.78. The predicted octanol–water partition coefficient (Wildman–Crippen LogP) is 1.87. The Labute approximate surface area is 90.6 Å². The lowest BCUT2D eigenvalue weighted by Crippen LogP contribution is -2.20. The molecule has 3 heteroatoms. The van der Waals surface area contributed by atoms with E-state index in [0.29, 0.717) is 6.10 Å². The van der Waals surface area contributed by atoms with Gasteiger partial charge in [0.05, 0.1) is 19.9 Å². The Morgan fingerprint density at radius 1 is 1.53 bits per heavy atom. The zero-order valence-electron chi connectivity index (χ0n) is 9.27. The summed E-state index contributed by atoms with van der Waals surface area (Å²) in [6.07, 6.45) is 0.357. The van der Waals surface area contributed by atoms with E-state index in [1.807, 2.05) is 12.1 Å². The molecule has 1 aromatic carbocycles. The molecule has 1 atom stereocenters. The van der Waals surface area contributed by atoms with Gasteiger partial charge in [-0.25, -0.2) is 0 Å². The van der Waals surface area contributed by atoms with Crippen molar-refractivity contribution in [3.05, 3.63) is 29.8 Å². The molecule has 0 radical (unpaired) electrons. The fourth-order valence-electron chi connectivity index (χ4n) is 1.84. The molecular weight excluding hydrogens is 190 g/mol. The monoisotopic (exact) mass is 207 g/mol. The lowest BCUT2D eigenvalue weighted by molar-refractivity contribution is 0.0971. The van der Waals surface area contributed by atoms with Gasteiger partial charge in [-0.1, -0.05) is 12.1 Å². The molecule has 0 amide bonds. The van der Waals surface area contributed by atoms with Crippen LogP contribution in [-0.4, -0.2) is 31.4 Å². The van der Waals surface area contributed by atoms with Gasteiger partial charge in [0.25, 0.3) is 0 Å². The largest absolute Gasteiger partial charge is 0.497 e. The summed E-state index contributed by atoms with van der Waals surface area (Å²) in [5.74, 6) is 0.917. The second kappa shape index (κ2) is 4.64. The highest BCUT2D eigenvalue weighted by atomic mass is 16.5. The van der Waals surface area contributed by atoms with E-state index in [4.69, 9.17) is 9.47 Å². The van der Waals surface area contributed by atoms with E-state index in [1.165, 1.54) is 5.56 Å². The third kappa shape index (κ3) is 2.70. The van der Waals surface area contributed by atoms with Crippen LogP contribution in [0.2, 0.25) is 0 Å². The minimum absolute atomic E-state index is 0.357. The average Bonchev–Trinajstić information content (AvgIpc) is 2.64. The molecule has 1 aromatic rings. The molecule has 1 saturated heterocycles. The zero-order valence-corrected chi connectivity index (χ0v) is 9.27. The van der Waals surface area contributed by atoms with E-state index in [-0.39, 0.29) is 0 Å². The molecule has 1 heterocycles. The highest BCUT2D eigenvalue weighted by molar-refractivity contribution is 5.28. The molecule has 15 heavy (non-hydrogen) atoms. The molecule has 1 fully saturated rings. The first-order chi connectivity index (χ1) is 7.28. The number of nitrogens with zero attached hydrogens (tertiary/aromatic N) is 1. The number of hydrogen-bond donors (Lipinski definition) is 0. The summed E-state index contributed by atoms with van der Waals surface area (Å²) in [5, 5.41) is 0. The predicted molar refractivity (Wildman–Crippen MR) is 58.8 cm³/mol. The number of ether oxygens (including phenoxy) is 2. The molecule has 1 aliphatic rings. The first kappa shape index (κ1) is 10.5. The van der Waals surface area contributed by atoms with Crippen LogP contribution >= 0.6 is 0 Å². The lowest BCUT2D eigenvalue weighted by Gasteiger charge is -2.13. The summed E-state index contributed by atoms with van der Waals surface area (Å²) in [4.78, 5) is 2.29. The maximum atomic E-state index is 5.49. The summed E-state index contributed by atoms with van der Waals surface area (Å²) in [5.41, 5.74) is 1.27. The van der Waals surface area contributed by atoms with Crippen molar-refractivity contribution in [1.82, 2.24) is 4.90 Å². The zero-order chi connectivity index (χ0) is 10.7. The Morgan fingerprint density at radius 3 is 3.07 bits per heavy atom. The van der Waals surface area contributed by atoms with Crippen molar-refractivity contribution in [1.29, 1.82) is 0 Å². The van der Waals surface area contributed by atoms with Crippen LogP contribution in [0.5, 0.6) is 5.75 Å². The van der Waals surface area contributed by atoms with Crippen molar-refractivity contribution in [2.45, 2.75) is 19.6 Å². The van der Waals surface area contributed by atoms with E-state index >= 15 is 0 Å². The van der Waals surface area contributed by atoms with Gasteiger partial charge >= 0.3 is 0 Å². The minimum Gasteiger partial charge on any atom is -0.497 e. The second-order valence-corrected chi connectivity index (χ2v) is 3.97. The minimum atomic E-state index is 0.357. The third-order valence-corrected chi connectivity index (χ3v) is 2.60. The lowest BCUT2D eigenvalue weighted by atomic mass is 10.2. The third-order valence-electron chi connectivity index (χ3n) is 2.60. The average molecular weight is 207 g/mol. The molecule has 82 valence electrons. The number of hydrogen-bond acceptors (Lipinski definition) is 3. The van der Waals surface area contributed by atoms with Crippen molar-refractivity contribution in [2.75, 3.05) is 20.4 Å². The number of methoxy groups -OCH3 is 1. The van der Waals surface area contributed by atoms with Crippen molar-refractivity contribution >= 4 is 0 Å². The fraction of sp³-hybridized carbons (Fsp3) is 0.500. The van der Waals surface area contributed by atoms with E-state index in [1.54, 1.807) is 7.11 Å². The number of rotatable bonds is 3. The fourth-order valence-corrected chi connectivity index (χ4v) is 1.84. The summed E-state index contributed by atoms with van der Waals surface area (Å²) in [6, 6.07) is 8.18. The first-order valence-corrected chi connectivity index (χ1v) is 5.25. The van der Waals surface area contributed by atoms with Gasteiger partial charge in [-0.05, 0) is 24.6 Å². The second-order valence-electron chi connectivity index (χ2n) is 3.97. The quantitative estimate of drug-likeness (QED) is 0.755. The van der Waals surface area contributed by atoms with Crippen LogP contribution in [-0.2, 0) is 11.3 Å². The Hall–Kier alpha value is -1.06. The van der Waals surface area contributed by atoms with E-state index in [2.05, 4.69) is 24.0 Å². The Morgan fingerprint density at radius 2 is 2.40 bits per heavy atom. The van der Waals surface area contributed by atoms with E-state index in [0.717, 1.165) is 25.6 Å². The van der Waals surface area contributed by atoms with Crippen molar-refractivity contribution in [2.24, 2.45) is 0 Å². The summed E-state index contributed by atoms with van der Waals surface area (Å²) in [7, 11) is 1.69. The van der Waals surface area contributed by atoms with Crippen molar-refractivity contribution in [3.63, 3.8) is 0 Å². The van der Waals surface area contributed by atoms with E-state index in [9.17, 15) is 0 Å². The molecule has 0 aliphatic carbocycles. The van der Waals surface area contributed by atoms with Crippen LogP contribution in [0.1, 0.15) is 12.5 Å². The van der Waals surface area contributed by atoms with Crippen LogP contribution in [0.25, 0.3) is 0 Å². The van der Waals surface area contributed by atoms with Gasteiger partial charge in [0.1, 0.15) is 5.75 Å². The SMILES string of the molecule is COc1cccc(CN2COC(C)C2)c1. The highest BCUT2D eigenvalue weighted by Gasteiger charge is 2.18. The van der Waals surface area contributed by atoms with Gasteiger partial charge in [-0.2, -0.15) is 0 Å². The first-order valence-electron chi connectivity index (χ1n) is 5.25. The normalized spacial score (nSPS) is 21.9. The van der Waals surface area contributed by atoms with Crippen LogP contribution in [0.15, 0.2) is 24.3 Å². The molecule has 1 aliphatic heterocycles. The van der Waals surface area contributed by atoms with Gasteiger partial charge in [0, 0.05) is 13.1 Å². The van der Waals surface area contributed by atoms with Gasteiger partial charge < -0.3 is 9.47 Å². The molecule has 0 bridgehead atoms. The highest BCUT2D eigenvalue weighted by Crippen LogP contribution is 2.16. The van der Waals surface area contributed by atoms with Gasteiger partial charge in [0.15, 0.2) is 0 Å². The molecule has 1 unspecified atom stereocenters. The Balaban J connectivity index is 1.98. The Bertz CT molecular complexity index is 327. The molecule has 3 nitrogen and oxygen atoms in total. The summed E-state index contributed by atoms with van der Waals surface area (Å²) >= 11 is 0. The van der Waals surface area contributed by atoms with Crippen molar-refractivity contribution < 1.29 is 9.47 Å². The smallest absolute Gasteiger partial charge is 0.119 e. The van der Waals surface area contributed by atoms with Crippen LogP contribution in [0.4, 0.5) is 0 Å². The molecule has 0 spiro atoms. The standard InChI is InChI=1S/C12H17NO2/c1-10-7-13(9-15-10)8-11-4-3-5-12(6-11)14-2/h3-6,10H,7-9H2,1-2H3.